The van der Waals surface area contributed by atoms with Gasteiger partial charge in [0.15, 0.2) is 0 Å². The van der Waals surface area contributed by atoms with Crippen LogP contribution in [0.1, 0.15) is 153 Å². The van der Waals surface area contributed by atoms with Gasteiger partial charge in [0.1, 0.15) is 13.1 Å². The lowest BCUT2D eigenvalue weighted by Crippen LogP contribution is -3.00. The standard InChI is InChI=1S/C36H70N2.2ClH/c1-7-9-11-13-15-17-19-21-23-25-30-37(3,4)33-35-28-27-29-36(32-35)34-38(5,6)31-26-24-22-20-18-16-14-12-10-8-2;;/h27-29,32H,7-26,30-31,33-34H2,1-6H3;2*1H/q+2;;/p-2. The molecule has 0 heterocycles. The van der Waals surface area contributed by atoms with Gasteiger partial charge in [-0.15, -0.1) is 0 Å². The molecule has 1 aromatic rings. The third kappa shape index (κ3) is 24.3. The molecule has 0 aromatic heterocycles. The minimum Gasteiger partial charge on any atom is -1.00 e. The Morgan fingerprint density at radius 3 is 1.00 bits per heavy atom. The minimum absolute atomic E-state index is 0. The first-order chi connectivity index (χ1) is 18.3. The van der Waals surface area contributed by atoms with Crippen LogP contribution in [0.15, 0.2) is 24.3 Å². The zero-order valence-corrected chi connectivity index (χ0v) is 29.4. The summed E-state index contributed by atoms with van der Waals surface area (Å²) in [6, 6.07) is 9.50. The first kappa shape index (κ1) is 41.9. The fourth-order valence-corrected chi connectivity index (χ4v) is 6.03. The Labute approximate surface area is 265 Å². The summed E-state index contributed by atoms with van der Waals surface area (Å²) in [7, 11) is 9.69. The van der Waals surface area contributed by atoms with Crippen LogP contribution in [0.5, 0.6) is 0 Å². The van der Waals surface area contributed by atoms with E-state index in [1.807, 2.05) is 0 Å². The van der Waals surface area contributed by atoms with Crippen molar-refractivity contribution in [2.45, 2.75) is 155 Å². The molecule has 0 atom stereocenters. The SMILES string of the molecule is CCCCCCCCCCCC[N+](C)(C)Cc1cccc(C[N+](C)(C)CCCCCCCCCCCC)c1.[Cl-].[Cl-]. The van der Waals surface area contributed by atoms with Gasteiger partial charge in [0, 0.05) is 11.1 Å². The molecule has 1 aromatic carbocycles. The van der Waals surface area contributed by atoms with Crippen molar-refractivity contribution < 1.29 is 33.8 Å². The smallest absolute Gasteiger partial charge is 0.104 e. The highest BCUT2D eigenvalue weighted by Crippen LogP contribution is 2.18. The molecule has 0 aliphatic carbocycles. The summed E-state index contributed by atoms with van der Waals surface area (Å²) in [5, 5.41) is 0. The molecular formula is C36H70Cl2N2. The summed E-state index contributed by atoms with van der Waals surface area (Å²) in [5.74, 6) is 0. The fraction of sp³-hybridized carbons (Fsp3) is 0.833. The molecule has 0 radical (unpaired) electrons. The van der Waals surface area contributed by atoms with Crippen LogP contribution < -0.4 is 24.8 Å². The van der Waals surface area contributed by atoms with Crippen molar-refractivity contribution in [2.75, 3.05) is 41.3 Å². The molecular weight excluding hydrogens is 531 g/mol. The van der Waals surface area contributed by atoms with Crippen molar-refractivity contribution in [1.82, 2.24) is 0 Å². The maximum atomic E-state index is 2.50. The van der Waals surface area contributed by atoms with E-state index in [0.29, 0.717) is 0 Å². The van der Waals surface area contributed by atoms with Crippen LogP contribution in [-0.2, 0) is 13.1 Å². The van der Waals surface area contributed by atoms with Crippen LogP contribution in [0.3, 0.4) is 0 Å². The van der Waals surface area contributed by atoms with Gasteiger partial charge in [-0.2, -0.15) is 0 Å². The normalized spacial score (nSPS) is 11.8. The second-order valence-electron chi connectivity index (χ2n) is 13.8. The lowest BCUT2D eigenvalue weighted by Gasteiger charge is -2.31. The molecule has 0 saturated carbocycles. The fourth-order valence-electron chi connectivity index (χ4n) is 6.03. The van der Waals surface area contributed by atoms with Crippen LogP contribution in [-0.4, -0.2) is 50.2 Å². The van der Waals surface area contributed by atoms with E-state index in [-0.39, 0.29) is 24.8 Å². The number of hydrogen-bond donors (Lipinski definition) is 0. The third-order valence-electron chi connectivity index (χ3n) is 8.45. The Morgan fingerprint density at radius 1 is 0.425 bits per heavy atom. The van der Waals surface area contributed by atoms with Crippen LogP contribution in [0.2, 0.25) is 0 Å². The summed E-state index contributed by atoms with van der Waals surface area (Å²) in [4.78, 5) is 0. The molecule has 0 bridgehead atoms. The van der Waals surface area contributed by atoms with Crippen molar-refractivity contribution >= 4 is 0 Å². The zero-order chi connectivity index (χ0) is 28.0. The van der Waals surface area contributed by atoms with E-state index in [4.69, 9.17) is 0 Å². The highest BCUT2D eigenvalue weighted by atomic mass is 35.5. The largest absolute Gasteiger partial charge is 1.00 e. The molecule has 40 heavy (non-hydrogen) atoms. The topological polar surface area (TPSA) is 0 Å². The van der Waals surface area contributed by atoms with E-state index in [1.54, 1.807) is 0 Å². The van der Waals surface area contributed by atoms with Gasteiger partial charge in [-0.05, 0) is 31.7 Å². The van der Waals surface area contributed by atoms with E-state index in [2.05, 4.69) is 66.3 Å². The number of unbranched alkanes of at least 4 members (excludes halogenated alkanes) is 18. The van der Waals surface area contributed by atoms with Crippen molar-refractivity contribution in [2.24, 2.45) is 0 Å². The Kier molecular flexibility index (Phi) is 27.6. The number of benzene rings is 1. The predicted octanol–water partition coefficient (Wildman–Crippen LogP) is 4.69. The van der Waals surface area contributed by atoms with Crippen LogP contribution in [0.25, 0.3) is 0 Å². The lowest BCUT2D eigenvalue weighted by atomic mass is 10.1. The second-order valence-corrected chi connectivity index (χ2v) is 13.8. The quantitative estimate of drug-likeness (QED) is 0.107. The molecule has 1 rings (SSSR count). The van der Waals surface area contributed by atoms with Gasteiger partial charge in [0.2, 0.25) is 0 Å². The summed E-state index contributed by atoms with van der Waals surface area (Å²) < 4.78 is 2.22. The maximum Gasteiger partial charge on any atom is 0.104 e. The first-order valence-electron chi connectivity index (χ1n) is 17.0. The van der Waals surface area contributed by atoms with E-state index in [1.165, 1.54) is 153 Å². The molecule has 0 aliphatic heterocycles. The van der Waals surface area contributed by atoms with Crippen LogP contribution in [0.4, 0.5) is 0 Å². The highest BCUT2D eigenvalue weighted by Gasteiger charge is 2.18. The Hall–Kier alpha value is -0.280. The Bertz CT molecular complexity index is 621. The summed E-state index contributed by atoms with van der Waals surface area (Å²) in [6.45, 7) is 9.49. The van der Waals surface area contributed by atoms with Gasteiger partial charge in [0.05, 0.1) is 41.3 Å². The van der Waals surface area contributed by atoms with Crippen LogP contribution >= 0.6 is 0 Å². The molecule has 0 saturated heterocycles. The Morgan fingerprint density at radius 2 is 0.700 bits per heavy atom. The van der Waals surface area contributed by atoms with E-state index >= 15 is 0 Å². The molecule has 0 amide bonds. The van der Waals surface area contributed by atoms with Gasteiger partial charge < -0.3 is 33.8 Å². The number of nitrogens with zero attached hydrogens (tertiary/aromatic N) is 2. The van der Waals surface area contributed by atoms with E-state index in [9.17, 15) is 0 Å². The van der Waals surface area contributed by atoms with Crippen molar-refractivity contribution in [3.63, 3.8) is 0 Å². The van der Waals surface area contributed by atoms with Gasteiger partial charge in [-0.3, -0.25) is 0 Å². The number of hydrogen-bond acceptors (Lipinski definition) is 0. The molecule has 0 N–H and O–H groups in total. The molecule has 4 heteroatoms. The van der Waals surface area contributed by atoms with Gasteiger partial charge >= 0.3 is 0 Å². The Balaban J connectivity index is 0. The van der Waals surface area contributed by atoms with Crippen molar-refractivity contribution in [3.05, 3.63) is 35.4 Å². The first-order valence-corrected chi connectivity index (χ1v) is 17.0. The molecule has 238 valence electrons. The summed E-state index contributed by atoms with van der Waals surface area (Å²) in [6.07, 6.45) is 28.4. The molecule has 0 aliphatic rings. The van der Waals surface area contributed by atoms with E-state index < -0.39 is 0 Å². The highest BCUT2D eigenvalue weighted by molar-refractivity contribution is 5.22. The molecule has 0 fully saturated rings. The number of halogens is 2. The summed E-state index contributed by atoms with van der Waals surface area (Å²) >= 11 is 0. The minimum atomic E-state index is 0. The van der Waals surface area contributed by atoms with Gasteiger partial charge in [-0.1, -0.05) is 135 Å². The number of quaternary nitrogens is 2. The third-order valence-corrected chi connectivity index (χ3v) is 8.45. The van der Waals surface area contributed by atoms with Gasteiger partial charge in [-0.25, -0.2) is 0 Å². The van der Waals surface area contributed by atoms with Crippen molar-refractivity contribution in [1.29, 1.82) is 0 Å². The van der Waals surface area contributed by atoms with Gasteiger partial charge in [0.25, 0.3) is 0 Å². The molecule has 2 nitrogen and oxygen atoms in total. The molecule has 0 unspecified atom stereocenters. The summed E-state index contributed by atoms with van der Waals surface area (Å²) in [5.41, 5.74) is 3.03. The average molecular weight is 602 g/mol. The second kappa shape index (κ2) is 26.4. The monoisotopic (exact) mass is 600 g/mol. The predicted molar refractivity (Wildman–Crippen MR) is 171 cm³/mol. The van der Waals surface area contributed by atoms with Crippen molar-refractivity contribution in [3.8, 4) is 0 Å². The van der Waals surface area contributed by atoms with E-state index in [0.717, 1.165) is 22.1 Å². The zero-order valence-electron chi connectivity index (χ0n) is 27.9. The average Bonchev–Trinajstić information content (AvgIpc) is 2.86. The number of rotatable bonds is 26. The maximum absolute atomic E-state index is 2.50. The molecule has 0 spiro atoms. The van der Waals surface area contributed by atoms with Crippen LogP contribution in [0, 0.1) is 0 Å². The lowest BCUT2D eigenvalue weighted by molar-refractivity contribution is -0.904.